The number of unbranched alkanes of at least 4 members (excludes halogenated alkanes) is 2. The molecular formula is C10H18ClOSn. The molecule has 0 saturated heterocycles. The molecule has 0 amide bonds. The van der Waals surface area contributed by atoms with Crippen LogP contribution in [0.15, 0.2) is 0 Å². The fourth-order valence-electron chi connectivity index (χ4n) is 1.28. The number of carbonyl (C=O) groups excluding carboxylic acids is 1. The molecule has 0 rings (SSSR count). The van der Waals surface area contributed by atoms with E-state index in [1.807, 2.05) is 0 Å². The third-order valence-electron chi connectivity index (χ3n) is 2.29. The Kier molecular flexibility index (Phi) is 7.52. The Balaban J connectivity index is 4.08. The Bertz CT molecular complexity index is 151. The van der Waals surface area contributed by atoms with Crippen LogP contribution in [0, 0.1) is 0 Å². The summed E-state index contributed by atoms with van der Waals surface area (Å²) in [6, 6.07) is 0. The first-order chi connectivity index (χ1) is 6.06. The van der Waals surface area contributed by atoms with Gasteiger partial charge in [0, 0.05) is 0 Å². The molecule has 13 heavy (non-hydrogen) atoms. The third-order valence-corrected chi connectivity index (χ3v) is 5.18. The first-order valence-electron chi connectivity index (χ1n) is 5.01. The van der Waals surface area contributed by atoms with Gasteiger partial charge in [-0.15, -0.1) is 0 Å². The quantitative estimate of drug-likeness (QED) is 0.520. The van der Waals surface area contributed by atoms with Gasteiger partial charge in [0.15, 0.2) is 0 Å². The molecule has 0 aromatic carbocycles. The average molecular weight is 308 g/mol. The Labute approximate surface area is 99.7 Å². The first-order valence-corrected chi connectivity index (χ1v) is 6.82. The monoisotopic (exact) mass is 309 g/mol. The summed E-state index contributed by atoms with van der Waals surface area (Å²) in [5.74, 6) is 0. The van der Waals surface area contributed by atoms with Gasteiger partial charge in [-0.3, -0.25) is 0 Å². The molecule has 0 N–H and O–H groups in total. The van der Waals surface area contributed by atoms with Crippen LogP contribution in [0.3, 0.4) is 0 Å². The summed E-state index contributed by atoms with van der Waals surface area (Å²) in [6.45, 7) is 4.30. The molecule has 0 aliphatic carbocycles. The van der Waals surface area contributed by atoms with Crippen LogP contribution in [0.5, 0.6) is 0 Å². The minimum atomic E-state index is -0.180. The molecule has 0 aromatic rings. The number of halogens is 1. The number of rotatable bonds is 7. The molecule has 1 nitrogen and oxygen atoms in total. The van der Waals surface area contributed by atoms with E-state index < -0.39 is 0 Å². The van der Waals surface area contributed by atoms with Gasteiger partial charge in [0.2, 0.25) is 0 Å². The van der Waals surface area contributed by atoms with Crippen molar-refractivity contribution in [2.75, 3.05) is 0 Å². The summed E-state index contributed by atoms with van der Waals surface area (Å²) in [6.07, 6.45) is 6.48. The van der Waals surface area contributed by atoms with Crippen molar-refractivity contribution < 1.29 is 4.79 Å². The van der Waals surface area contributed by atoms with Crippen LogP contribution in [-0.4, -0.2) is 27.8 Å². The van der Waals surface area contributed by atoms with Crippen molar-refractivity contribution >= 4 is 39.4 Å². The van der Waals surface area contributed by atoms with Gasteiger partial charge < -0.3 is 0 Å². The molecule has 0 saturated carbocycles. The van der Waals surface area contributed by atoms with Crippen molar-refractivity contribution in [3.8, 4) is 0 Å². The molecule has 0 spiro atoms. The van der Waals surface area contributed by atoms with Gasteiger partial charge in [-0.1, -0.05) is 0 Å². The zero-order chi connectivity index (χ0) is 10.3. The van der Waals surface area contributed by atoms with Gasteiger partial charge in [0.25, 0.3) is 0 Å². The second-order valence-electron chi connectivity index (χ2n) is 3.56. The van der Waals surface area contributed by atoms with E-state index in [9.17, 15) is 4.79 Å². The van der Waals surface area contributed by atoms with E-state index in [1.54, 1.807) is 0 Å². The first kappa shape index (κ1) is 13.8. The maximum atomic E-state index is 11.3. The van der Waals surface area contributed by atoms with Crippen molar-refractivity contribution in [1.82, 2.24) is 0 Å². The van der Waals surface area contributed by atoms with Gasteiger partial charge >= 0.3 is 100.0 Å². The summed E-state index contributed by atoms with van der Waals surface area (Å²) < 4.78 is -0.180. The SMILES string of the molecule is CCCC[C]([Sn])(CCCC)C(=O)Cl. The molecule has 0 heterocycles. The second kappa shape index (κ2) is 7.10. The summed E-state index contributed by atoms with van der Waals surface area (Å²) in [5, 5.41) is -0.118. The molecule has 0 aliphatic heterocycles. The van der Waals surface area contributed by atoms with E-state index in [-0.39, 0.29) is 8.67 Å². The molecule has 0 aliphatic rings. The maximum absolute atomic E-state index is 11.3. The van der Waals surface area contributed by atoms with Crippen molar-refractivity contribution in [3.63, 3.8) is 0 Å². The van der Waals surface area contributed by atoms with Crippen LogP contribution in [0.1, 0.15) is 52.4 Å². The van der Waals surface area contributed by atoms with Gasteiger partial charge in [-0.2, -0.15) is 0 Å². The van der Waals surface area contributed by atoms with Crippen LogP contribution in [0.2, 0.25) is 3.43 Å². The Morgan fingerprint density at radius 3 is 1.85 bits per heavy atom. The zero-order valence-electron chi connectivity index (χ0n) is 8.53. The van der Waals surface area contributed by atoms with Gasteiger partial charge in [-0.05, 0) is 0 Å². The van der Waals surface area contributed by atoms with E-state index in [0.717, 1.165) is 38.5 Å². The van der Waals surface area contributed by atoms with E-state index in [1.165, 1.54) is 22.5 Å². The Morgan fingerprint density at radius 1 is 1.23 bits per heavy atom. The van der Waals surface area contributed by atoms with Crippen LogP contribution < -0.4 is 0 Å². The molecule has 3 heteroatoms. The molecule has 0 unspecified atom stereocenters. The van der Waals surface area contributed by atoms with Gasteiger partial charge in [0.05, 0.1) is 0 Å². The third kappa shape index (κ3) is 5.26. The average Bonchev–Trinajstić information content (AvgIpc) is 2.11. The van der Waals surface area contributed by atoms with Crippen LogP contribution in [0.4, 0.5) is 0 Å². The van der Waals surface area contributed by atoms with Crippen molar-refractivity contribution in [3.05, 3.63) is 0 Å². The molecule has 0 fully saturated rings. The molecule has 0 bridgehead atoms. The summed E-state index contributed by atoms with van der Waals surface area (Å²) in [7, 11) is 0. The summed E-state index contributed by atoms with van der Waals surface area (Å²) in [5.41, 5.74) is 0. The Morgan fingerprint density at radius 2 is 1.62 bits per heavy atom. The van der Waals surface area contributed by atoms with Crippen molar-refractivity contribution in [2.45, 2.75) is 55.8 Å². The molecule has 3 radical (unpaired) electrons. The topological polar surface area (TPSA) is 17.1 Å². The van der Waals surface area contributed by atoms with Gasteiger partial charge in [-0.25, -0.2) is 0 Å². The van der Waals surface area contributed by atoms with E-state index in [4.69, 9.17) is 11.6 Å². The van der Waals surface area contributed by atoms with Crippen molar-refractivity contribution in [1.29, 1.82) is 0 Å². The normalized spacial score (nSPS) is 11.7. The van der Waals surface area contributed by atoms with E-state index in [2.05, 4.69) is 13.8 Å². The minimum absolute atomic E-state index is 0.118. The van der Waals surface area contributed by atoms with Gasteiger partial charge in [0.1, 0.15) is 0 Å². The molecular weight excluding hydrogens is 290 g/mol. The molecule has 75 valence electrons. The summed E-state index contributed by atoms with van der Waals surface area (Å²) in [4.78, 5) is 11.3. The van der Waals surface area contributed by atoms with Crippen LogP contribution in [0.25, 0.3) is 0 Å². The summed E-state index contributed by atoms with van der Waals surface area (Å²) >= 11 is 6.92. The fourth-order valence-corrected chi connectivity index (χ4v) is 2.48. The predicted octanol–water partition coefficient (Wildman–Crippen LogP) is 3.46. The van der Waals surface area contributed by atoms with Crippen molar-refractivity contribution in [2.24, 2.45) is 0 Å². The fraction of sp³-hybridized carbons (Fsp3) is 0.900. The number of carbonyl (C=O) groups is 1. The van der Waals surface area contributed by atoms with E-state index >= 15 is 0 Å². The number of hydrogen-bond donors (Lipinski definition) is 0. The van der Waals surface area contributed by atoms with Crippen LogP contribution in [-0.2, 0) is 4.79 Å². The Hall–Kier alpha value is 0.759. The molecule has 0 atom stereocenters. The standard InChI is InChI=1S/C10H18ClO.Sn/c1-3-5-7-9(10(11)12)8-6-4-2;/h3-8H2,1-2H3;. The van der Waals surface area contributed by atoms with E-state index in [0.29, 0.717) is 0 Å². The second-order valence-corrected chi connectivity index (χ2v) is 6.64. The van der Waals surface area contributed by atoms with Crippen LogP contribution >= 0.6 is 11.6 Å². The molecule has 0 aromatic heterocycles. The zero-order valence-corrected chi connectivity index (χ0v) is 12.1. The predicted molar refractivity (Wildman–Crippen MR) is 58.4 cm³/mol. The number of hydrogen-bond acceptors (Lipinski definition) is 1.